The largest absolute Gasteiger partial charge is 0.494 e. The summed E-state index contributed by atoms with van der Waals surface area (Å²) in [5.41, 5.74) is 11.5. The number of anilines is 6. The van der Waals surface area contributed by atoms with Crippen molar-refractivity contribution in [3.63, 3.8) is 0 Å². The van der Waals surface area contributed by atoms with Crippen LogP contribution in [0.5, 0.6) is 11.5 Å². The van der Waals surface area contributed by atoms with E-state index in [4.69, 9.17) is 9.47 Å². The predicted molar refractivity (Wildman–Crippen MR) is 296 cm³/mol. The minimum Gasteiger partial charge on any atom is -0.494 e. The Morgan fingerprint density at radius 1 is 0.271 bits per heavy atom. The molecule has 0 unspecified atom stereocenters. The number of fused-ring (bicyclic) bond motifs is 6. The summed E-state index contributed by atoms with van der Waals surface area (Å²) < 4.78 is 11.8. The lowest BCUT2D eigenvalue weighted by Gasteiger charge is -2.27. The van der Waals surface area contributed by atoms with Gasteiger partial charge < -0.3 is 19.3 Å². The summed E-state index contributed by atoms with van der Waals surface area (Å²) in [6, 6.07) is 83.9. The fourth-order valence-corrected chi connectivity index (χ4v) is 11.3. The molecular weight excluding hydrogens is 853 g/mol. The van der Waals surface area contributed by atoms with E-state index in [1.54, 1.807) is 0 Å². The molecule has 0 heterocycles. The molecule has 0 bridgehead atoms. The van der Waals surface area contributed by atoms with Crippen molar-refractivity contribution in [3.8, 4) is 33.8 Å². The lowest BCUT2D eigenvalue weighted by molar-refractivity contribution is 0.340. The van der Waals surface area contributed by atoms with E-state index >= 15 is 0 Å². The quantitative estimate of drug-likeness (QED) is 0.122. The van der Waals surface area contributed by atoms with Crippen molar-refractivity contribution >= 4 is 98.8 Å². The van der Waals surface area contributed by atoms with Crippen LogP contribution in [0.1, 0.15) is 13.8 Å². The van der Waals surface area contributed by atoms with Gasteiger partial charge >= 0.3 is 0 Å². The van der Waals surface area contributed by atoms with Crippen molar-refractivity contribution in [3.05, 3.63) is 231 Å². The van der Waals surface area contributed by atoms with Gasteiger partial charge in [-0.05, 0) is 175 Å². The number of para-hydroxylation sites is 2. The highest BCUT2D eigenvalue weighted by Gasteiger charge is 2.29. The maximum atomic E-state index is 5.91. The molecular formula is C66H48N2O2. The lowest BCUT2D eigenvalue weighted by atomic mass is 9.87. The van der Waals surface area contributed by atoms with Crippen LogP contribution in [0.15, 0.2) is 231 Å². The highest BCUT2D eigenvalue weighted by Crippen LogP contribution is 2.57. The molecule has 0 saturated heterocycles. The number of nitrogens with zero attached hydrogens (tertiary/aromatic N) is 2. The average Bonchev–Trinajstić information content (AvgIpc) is 3.93. The average molecular weight is 901 g/mol. The second-order valence-corrected chi connectivity index (χ2v) is 17.9. The fraction of sp³-hybridized carbons (Fsp3) is 0.0606. The lowest BCUT2D eigenvalue weighted by Crippen LogP contribution is -2.10. The molecule has 13 aromatic carbocycles. The second kappa shape index (κ2) is 17.0. The van der Waals surface area contributed by atoms with Gasteiger partial charge in [0.2, 0.25) is 0 Å². The van der Waals surface area contributed by atoms with Crippen LogP contribution in [0.25, 0.3) is 86.9 Å². The van der Waals surface area contributed by atoms with E-state index in [9.17, 15) is 0 Å². The minimum absolute atomic E-state index is 0.621. The summed E-state index contributed by atoms with van der Waals surface area (Å²) in [6.07, 6.45) is 0. The van der Waals surface area contributed by atoms with Gasteiger partial charge in [0.25, 0.3) is 0 Å². The van der Waals surface area contributed by atoms with Crippen molar-refractivity contribution in [2.24, 2.45) is 0 Å². The van der Waals surface area contributed by atoms with Crippen molar-refractivity contribution in [2.75, 3.05) is 23.0 Å². The number of hydrogen-bond acceptors (Lipinski definition) is 4. The van der Waals surface area contributed by atoms with Crippen LogP contribution in [-0.4, -0.2) is 13.2 Å². The van der Waals surface area contributed by atoms with E-state index in [1.807, 2.05) is 13.8 Å². The van der Waals surface area contributed by atoms with E-state index in [0.717, 1.165) is 45.6 Å². The Hall–Kier alpha value is -8.86. The molecule has 4 nitrogen and oxygen atoms in total. The maximum absolute atomic E-state index is 5.91. The number of ether oxygens (including phenoxy) is 2. The molecule has 0 fully saturated rings. The van der Waals surface area contributed by atoms with Crippen LogP contribution in [0.2, 0.25) is 0 Å². The van der Waals surface area contributed by atoms with Crippen LogP contribution in [-0.2, 0) is 0 Å². The number of benzene rings is 11. The smallest absolute Gasteiger partial charge is 0.119 e. The van der Waals surface area contributed by atoms with Crippen molar-refractivity contribution in [1.29, 1.82) is 0 Å². The topological polar surface area (TPSA) is 24.9 Å². The Morgan fingerprint density at radius 3 is 0.943 bits per heavy atom. The first kappa shape index (κ1) is 41.3. The molecule has 4 heteroatoms. The third kappa shape index (κ3) is 6.52. The Kier molecular flexibility index (Phi) is 10.1. The molecule has 0 aliphatic heterocycles. The molecule has 13 aromatic rings. The molecule has 0 radical (unpaired) electrons. The molecule has 0 atom stereocenters. The van der Waals surface area contributed by atoms with Gasteiger partial charge in [0, 0.05) is 33.5 Å². The Bertz CT molecular complexity index is 3670. The summed E-state index contributed by atoms with van der Waals surface area (Å²) in [4.78, 5) is 4.77. The zero-order valence-corrected chi connectivity index (χ0v) is 39.1. The first-order valence-corrected chi connectivity index (χ1v) is 24.3. The molecule has 0 amide bonds. The Labute approximate surface area is 407 Å². The molecule has 0 spiro atoms. The first-order chi connectivity index (χ1) is 34.7. The third-order valence-corrected chi connectivity index (χ3v) is 14.1. The molecule has 0 saturated carbocycles. The van der Waals surface area contributed by atoms with Crippen LogP contribution >= 0.6 is 0 Å². The minimum atomic E-state index is 0.621. The fourth-order valence-electron chi connectivity index (χ4n) is 11.3. The van der Waals surface area contributed by atoms with E-state index in [2.05, 4.69) is 240 Å². The zero-order valence-electron chi connectivity index (χ0n) is 39.1. The predicted octanol–water partition coefficient (Wildman–Crippen LogP) is 18.6. The van der Waals surface area contributed by atoms with Crippen LogP contribution in [0, 0.1) is 0 Å². The molecule has 70 heavy (non-hydrogen) atoms. The van der Waals surface area contributed by atoms with Gasteiger partial charge in [0.05, 0.1) is 24.6 Å². The highest BCUT2D eigenvalue weighted by molar-refractivity contribution is 6.47. The summed E-state index contributed by atoms with van der Waals surface area (Å²) in [5.74, 6) is 1.72. The molecule has 0 aliphatic carbocycles. The second-order valence-electron chi connectivity index (χ2n) is 17.9. The maximum Gasteiger partial charge on any atom is 0.119 e. The van der Waals surface area contributed by atoms with E-state index in [1.165, 1.54) is 86.9 Å². The van der Waals surface area contributed by atoms with Crippen molar-refractivity contribution in [2.45, 2.75) is 13.8 Å². The summed E-state index contributed by atoms with van der Waals surface area (Å²) in [7, 11) is 0. The van der Waals surface area contributed by atoms with Crippen molar-refractivity contribution < 1.29 is 9.47 Å². The van der Waals surface area contributed by atoms with Crippen LogP contribution in [0.3, 0.4) is 0 Å². The van der Waals surface area contributed by atoms with Gasteiger partial charge in [0.1, 0.15) is 11.5 Å². The van der Waals surface area contributed by atoms with Gasteiger partial charge in [-0.15, -0.1) is 0 Å². The van der Waals surface area contributed by atoms with Gasteiger partial charge in [-0.25, -0.2) is 0 Å². The first-order valence-electron chi connectivity index (χ1n) is 24.3. The van der Waals surface area contributed by atoms with Gasteiger partial charge in [0.15, 0.2) is 0 Å². The molecule has 334 valence electrons. The van der Waals surface area contributed by atoms with Crippen LogP contribution in [0.4, 0.5) is 34.1 Å². The van der Waals surface area contributed by atoms with Gasteiger partial charge in [-0.2, -0.15) is 0 Å². The monoisotopic (exact) mass is 900 g/mol. The molecule has 0 N–H and O–H groups in total. The Balaban J connectivity index is 1.16. The van der Waals surface area contributed by atoms with Gasteiger partial charge in [-0.3, -0.25) is 0 Å². The number of hydrogen-bond donors (Lipinski definition) is 0. The highest BCUT2D eigenvalue weighted by atomic mass is 16.5. The molecule has 0 aromatic heterocycles. The van der Waals surface area contributed by atoms with E-state index < -0.39 is 0 Å². The summed E-state index contributed by atoms with van der Waals surface area (Å²) in [5, 5.41) is 15.0. The standard InChI is InChI=1S/C66H48N2O2/c1-3-69-49-35-31-47(32-36-49)67(45-23-13-7-14-24-45)57-41-39-55-61-51(57)27-17-29-53(61)63-59(43-19-9-5-10-20-43)64-54-30-18-28-52-58(68(46-25-15-8-16-26-46)48-33-37-50(38-34-48)70-4-2)42-40-56(62(52)54)66(64)60(65(55)63)44-21-11-6-12-22-44/h5-42H,3-4H2,1-2H3. The Morgan fingerprint density at radius 2 is 0.586 bits per heavy atom. The molecule has 0 aliphatic rings. The number of rotatable bonds is 12. The zero-order chi connectivity index (χ0) is 46.7. The van der Waals surface area contributed by atoms with Crippen molar-refractivity contribution in [1.82, 2.24) is 0 Å². The van der Waals surface area contributed by atoms with E-state index in [0.29, 0.717) is 13.2 Å². The van der Waals surface area contributed by atoms with E-state index in [-0.39, 0.29) is 0 Å². The SMILES string of the molecule is CCOc1ccc(N(c2ccccc2)c2ccc3c4c(-c5ccccc5)c5c6ccc(N(c7ccccc7)c7ccc(OCC)cc7)c7cccc(c5c(-c5ccccc5)c4c4cccc2c43)c76)cc1. The summed E-state index contributed by atoms with van der Waals surface area (Å²) in [6.45, 7) is 5.29. The normalized spacial score (nSPS) is 11.7. The van der Waals surface area contributed by atoms with Gasteiger partial charge in [-0.1, -0.05) is 146 Å². The summed E-state index contributed by atoms with van der Waals surface area (Å²) >= 11 is 0. The molecule has 13 rings (SSSR count). The van der Waals surface area contributed by atoms with Crippen LogP contribution < -0.4 is 19.3 Å². The third-order valence-electron chi connectivity index (χ3n) is 14.1.